The molecule has 2 nitrogen and oxygen atoms in total. The van der Waals surface area contributed by atoms with Gasteiger partial charge in [0.1, 0.15) is 0 Å². The molecule has 1 aliphatic rings. The maximum Gasteiger partial charge on any atom is 0.0217 e. The van der Waals surface area contributed by atoms with Crippen molar-refractivity contribution in [2.24, 2.45) is 5.92 Å². The van der Waals surface area contributed by atoms with Crippen LogP contribution in [0.2, 0.25) is 0 Å². The summed E-state index contributed by atoms with van der Waals surface area (Å²) >= 11 is 0. The van der Waals surface area contributed by atoms with Crippen LogP contribution in [0.1, 0.15) is 47.0 Å². The van der Waals surface area contributed by atoms with E-state index in [9.17, 15) is 0 Å². The summed E-state index contributed by atoms with van der Waals surface area (Å²) in [5, 5.41) is 3.61. The van der Waals surface area contributed by atoms with Gasteiger partial charge in [-0.15, -0.1) is 0 Å². The van der Waals surface area contributed by atoms with Gasteiger partial charge < -0.3 is 5.32 Å². The normalized spacial score (nSPS) is 18.8. The summed E-state index contributed by atoms with van der Waals surface area (Å²) in [6.07, 6.45) is 4.14. The lowest BCUT2D eigenvalue weighted by atomic mass is 10.0. The van der Waals surface area contributed by atoms with Crippen molar-refractivity contribution in [2.75, 3.05) is 19.6 Å². The second-order valence-electron chi connectivity index (χ2n) is 5.13. The van der Waals surface area contributed by atoms with Crippen molar-refractivity contribution in [3.63, 3.8) is 0 Å². The summed E-state index contributed by atoms with van der Waals surface area (Å²) in [4.78, 5) is 2.69. The molecule has 1 saturated carbocycles. The molecule has 0 aromatic carbocycles. The monoisotopic (exact) mass is 212 g/mol. The highest BCUT2D eigenvalue weighted by atomic mass is 15.2. The molecule has 0 aromatic rings. The molecule has 0 spiro atoms. The summed E-state index contributed by atoms with van der Waals surface area (Å²) in [6, 6.07) is 1.58. The summed E-state index contributed by atoms with van der Waals surface area (Å²) in [5.41, 5.74) is 0. The molecule has 0 amide bonds. The molecule has 0 aromatic heterocycles. The molecule has 0 radical (unpaired) electrons. The molecular formula is C13H28N2. The Kier molecular flexibility index (Phi) is 5.62. The van der Waals surface area contributed by atoms with Gasteiger partial charge >= 0.3 is 0 Å². The fourth-order valence-electron chi connectivity index (χ4n) is 2.18. The Labute approximate surface area is 95.4 Å². The van der Waals surface area contributed by atoms with Gasteiger partial charge in [-0.1, -0.05) is 27.7 Å². The van der Waals surface area contributed by atoms with Crippen LogP contribution in [0.3, 0.4) is 0 Å². The van der Waals surface area contributed by atoms with Gasteiger partial charge in [0.2, 0.25) is 0 Å². The van der Waals surface area contributed by atoms with Gasteiger partial charge in [-0.05, 0) is 38.3 Å². The number of rotatable bonds is 8. The van der Waals surface area contributed by atoms with Crippen molar-refractivity contribution < 1.29 is 0 Å². The standard InChI is InChI=1S/C13H28N2/c1-5-9-15(12-7-8-12)10-13(11(3)4)14-6-2/h11-14H,5-10H2,1-4H3. The van der Waals surface area contributed by atoms with E-state index in [1.54, 1.807) is 0 Å². The first-order valence-corrected chi connectivity index (χ1v) is 6.66. The molecule has 1 unspecified atom stereocenters. The van der Waals surface area contributed by atoms with Gasteiger partial charge in [0.05, 0.1) is 0 Å². The number of hydrogen-bond acceptors (Lipinski definition) is 2. The molecule has 1 aliphatic carbocycles. The average Bonchev–Trinajstić information content (AvgIpc) is 2.99. The van der Waals surface area contributed by atoms with Crippen LogP contribution in [-0.4, -0.2) is 36.6 Å². The van der Waals surface area contributed by atoms with E-state index in [2.05, 4.69) is 37.9 Å². The van der Waals surface area contributed by atoms with Crippen LogP contribution in [0.25, 0.3) is 0 Å². The largest absolute Gasteiger partial charge is 0.313 e. The van der Waals surface area contributed by atoms with Gasteiger partial charge in [-0.25, -0.2) is 0 Å². The molecule has 0 saturated heterocycles. The van der Waals surface area contributed by atoms with Gasteiger partial charge in [0, 0.05) is 18.6 Å². The Morgan fingerprint density at radius 2 is 1.93 bits per heavy atom. The molecule has 1 rings (SSSR count). The zero-order chi connectivity index (χ0) is 11.3. The predicted octanol–water partition coefficient (Wildman–Crippen LogP) is 2.49. The number of hydrogen-bond donors (Lipinski definition) is 1. The van der Waals surface area contributed by atoms with E-state index in [1.165, 1.54) is 32.4 Å². The molecule has 90 valence electrons. The highest BCUT2D eigenvalue weighted by Crippen LogP contribution is 2.27. The third-order valence-corrected chi connectivity index (χ3v) is 3.28. The average molecular weight is 212 g/mol. The number of nitrogens with zero attached hydrogens (tertiary/aromatic N) is 1. The Balaban J connectivity index is 2.38. The van der Waals surface area contributed by atoms with Gasteiger partial charge in [-0.3, -0.25) is 4.90 Å². The van der Waals surface area contributed by atoms with Crippen molar-refractivity contribution in [3.8, 4) is 0 Å². The van der Waals surface area contributed by atoms with Crippen LogP contribution >= 0.6 is 0 Å². The number of nitrogens with one attached hydrogen (secondary N) is 1. The van der Waals surface area contributed by atoms with Crippen LogP contribution in [0.15, 0.2) is 0 Å². The highest BCUT2D eigenvalue weighted by molar-refractivity contribution is 4.87. The summed E-state index contributed by atoms with van der Waals surface area (Å²) < 4.78 is 0. The van der Waals surface area contributed by atoms with Crippen LogP contribution in [0, 0.1) is 5.92 Å². The lowest BCUT2D eigenvalue weighted by Crippen LogP contribution is -2.45. The first-order chi connectivity index (χ1) is 7.19. The molecule has 2 heteroatoms. The smallest absolute Gasteiger partial charge is 0.0217 e. The van der Waals surface area contributed by atoms with Crippen LogP contribution in [0.5, 0.6) is 0 Å². The van der Waals surface area contributed by atoms with E-state index < -0.39 is 0 Å². The zero-order valence-electron chi connectivity index (χ0n) is 10.9. The fraction of sp³-hybridized carbons (Fsp3) is 1.00. The zero-order valence-corrected chi connectivity index (χ0v) is 10.9. The SMILES string of the molecule is CCCN(CC(NCC)C(C)C)C1CC1. The molecule has 1 atom stereocenters. The van der Waals surface area contributed by atoms with Crippen molar-refractivity contribution in [3.05, 3.63) is 0 Å². The quantitative estimate of drug-likeness (QED) is 0.665. The van der Waals surface area contributed by atoms with Gasteiger partial charge in [-0.2, -0.15) is 0 Å². The first kappa shape index (κ1) is 13.0. The Morgan fingerprint density at radius 3 is 2.33 bits per heavy atom. The Morgan fingerprint density at radius 1 is 1.27 bits per heavy atom. The van der Waals surface area contributed by atoms with E-state index in [0.717, 1.165) is 18.5 Å². The summed E-state index contributed by atoms with van der Waals surface area (Å²) in [5.74, 6) is 0.739. The molecule has 0 bridgehead atoms. The highest BCUT2D eigenvalue weighted by Gasteiger charge is 2.30. The maximum absolute atomic E-state index is 3.61. The van der Waals surface area contributed by atoms with Gasteiger partial charge in [0.15, 0.2) is 0 Å². The van der Waals surface area contributed by atoms with Crippen LogP contribution in [0.4, 0.5) is 0 Å². The molecule has 0 heterocycles. The predicted molar refractivity (Wildman–Crippen MR) is 67.2 cm³/mol. The summed E-state index contributed by atoms with van der Waals surface area (Å²) in [7, 11) is 0. The van der Waals surface area contributed by atoms with Crippen molar-refractivity contribution in [2.45, 2.75) is 59.0 Å². The molecule has 1 N–H and O–H groups in total. The van der Waals surface area contributed by atoms with E-state index in [1.807, 2.05) is 0 Å². The van der Waals surface area contributed by atoms with Crippen molar-refractivity contribution in [1.82, 2.24) is 10.2 Å². The Bertz CT molecular complexity index is 154. The minimum atomic E-state index is 0.669. The maximum atomic E-state index is 3.61. The van der Waals surface area contributed by atoms with E-state index >= 15 is 0 Å². The van der Waals surface area contributed by atoms with Gasteiger partial charge in [0.25, 0.3) is 0 Å². The van der Waals surface area contributed by atoms with E-state index in [0.29, 0.717) is 6.04 Å². The fourth-order valence-corrected chi connectivity index (χ4v) is 2.18. The molecule has 1 fully saturated rings. The lowest BCUT2D eigenvalue weighted by molar-refractivity contribution is 0.210. The third kappa shape index (κ3) is 4.52. The molecular weight excluding hydrogens is 184 g/mol. The molecule has 15 heavy (non-hydrogen) atoms. The molecule has 0 aliphatic heterocycles. The van der Waals surface area contributed by atoms with Crippen LogP contribution in [-0.2, 0) is 0 Å². The van der Waals surface area contributed by atoms with E-state index in [4.69, 9.17) is 0 Å². The topological polar surface area (TPSA) is 15.3 Å². The second kappa shape index (κ2) is 6.49. The summed E-state index contributed by atoms with van der Waals surface area (Å²) in [6.45, 7) is 12.7. The lowest BCUT2D eigenvalue weighted by Gasteiger charge is -2.30. The minimum absolute atomic E-state index is 0.669. The minimum Gasteiger partial charge on any atom is -0.313 e. The Hall–Kier alpha value is -0.0800. The van der Waals surface area contributed by atoms with E-state index in [-0.39, 0.29) is 0 Å². The first-order valence-electron chi connectivity index (χ1n) is 6.66. The van der Waals surface area contributed by atoms with Crippen molar-refractivity contribution >= 4 is 0 Å². The third-order valence-electron chi connectivity index (χ3n) is 3.28. The second-order valence-corrected chi connectivity index (χ2v) is 5.13. The van der Waals surface area contributed by atoms with Crippen LogP contribution < -0.4 is 5.32 Å². The van der Waals surface area contributed by atoms with Crippen molar-refractivity contribution in [1.29, 1.82) is 0 Å². The number of likely N-dealkylation sites (N-methyl/N-ethyl adjacent to an activating group) is 1.